The van der Waals surface area contributed by atoms with E-state index in [1.165, 1.54) is 10.8 Å². The molecule has 7 rings (SSSR count). The van der Waals surface area contributed by atoms with Crippen LogP contribution in [0.3, 0.4) is 0 Å². The normalized spacial score (nSPS) is 18.6. The van der Waals surface area contributed by atoms with Gasteiger partial charge in [0.2, 0.25) is 17.2 Å². The van der Waals surface area contributed by atoms with Gasteiger partial charge >= 0.3 is 15.6 Å². The lowest BCUT2D eigenvalue weighted by Crippen LogP contribution is -2.76. The number of aromatic nitrogens is 3. The largest absolute Gasteiger partial charge is 0.756 e. The average molecular weight is 1050 g/mol. The number of carbonyl (C=O) groups excluding carboxylic acids is 2. The van der Waals surface area contributed by atoms with Crippen molar-refractivity contribution in [3.8, 4) is 34.3 Å². The molecule has 0 spiro atoms. The van der Waals surface area contributed by atoms with E-state index in [1.807, 2.05) is 58.0 Å². The number of nitrogens with zero attached hydrogens (tertiary/aromatic N) is 3. The van der Waals surface area contributed by atoms with E-state index in [0.717, 1.165) is 57.3 Å². The fourth-order valence-corrected chi connectivity index (χ4v) is 11.3. The van der Waals surface area contributed by atoms with E-state index in [4.69, 9.17) is 19.8 Å². The molecule has 27 heteroatoms. The molecule has 2 aromatic heterocycles. The second kappa shape index (κ2) is 22.0. The number of aliphatic hydroxyl groups is 1. The molecule has 384 valence electrons. The number of aryl methyl sites for hydroxylation is 2. The first-order valence-electron chi connectivity index (χ1n) is 22.4. The highest BCUT2D eigenvalue weighted by Crippen LogP contribution is 2.65. The number of nitrogens with one attached hydrogen (secondary N) is 4. The molecule has 4 aromatic rings. The predicted octanol–water partition coefficient (Wildman–Crippen LogP) is 2.25. The number of phosphoric ester groups is 1. The second-order valence-corrected chi connectivity index (χ2v) is 21.1. The van der Waals surface area contributed by atoms with Crippen molar-refractivity contribution >= 4 is 68.9 Å². The number of rotatable bonds is 18. The Balaban J connectivity index is 1.00. The van der Waals surface area contributed by atoms with Crippen molar-refractivity contribution in [1.82, 2.24) is 24.8 Å². The zero-order valence-electron chi connectivity index (χ0n) is 39.5. The first kappa shape index (κ1) is 53.8. The molecule has 2 amide bonds. The summed E-state index contributed by atoms with van der Waals surface area (Å²) in [4.78, 5) is 90.5. The first-order chi connectivity index (χ1) is 34.0. The number of anilines is 2. The lowest BCUT2D eigenvalue weighted by molar-refractivity contribution is -0.496. The molecule has 2 aliphatic heterocycles. The molecule has 3 unspecified atom stereocenters. The number of benzene rings is 3. The molecule has 4 heterocycles. The fraction of sp³-hybridized carbons (Fsp3) is 0.356. The molecule has 3 aliphatic rings. The van der Waals surface area contributed by atoms with E-state index in [-0.39, 0.29) is 60.3 Å². The average Bonchev–Trinajstić information content (AvgIpc) is 3.85. The van der Waals surface area contributed by atoms with Gasteiger partial charge in [0.15, 0.2) is 5.65 Å². The maximum absolute atomic E-state index is 14.3. The summed E-state index contributed by atoms with van der Waals surface area (Å²) < 4.78 is 60.2. The van der Waals surface area contributed by atoms with Crippen LogP contribution in [-0.2, 0) is 36.4 Å². The Morgan fingerprint density at radius 1 is 1.07 bits per heavy atom. The maximum Gasteiger partial charge on any atom is 0.487 e. The molecular formula is C45H53N8O16P3. The molecule has 10 N–H and O–H groups in total. The van der Waals surface area contributed by atoms with Crippen molar-refractivity contribution in [3.63, 3.8) is 0 Å². The van der Waals surface area contributed by atoms with Gasteiger partial charge in [-0.2, -0.15) is 9.29 Å². The number of hydrogen-bond acceptors (Lipinski definition) is 16. The van der Waals surface area contributed by atoms with Crippen LogP contribution >= 0.6 is 23.5 Å². The number of fused-ring (bicyclic) bond motifs is 3. The van der Waals surface area contributed by atoms with Crippen LogP contribution in [0, 0.1) is 25.7 Å². The number of aromatic amines is 1. The standard InChI is InChI=1S/C45H53N8O16P3/c1-6-47-32-20-35-30(18-25(32)3)41(31-19-26(4)33(48-7-2)21-36(31)66-35)28-13-8-9-14-29(28)44(57)52(5)17-11-15-38(55)49-16-10-12-27-23-53(42-40(27)43(56)51-45(46)50-42)39-22-34(54)37(67-39)24-65-71(61,62)69-72(63,64)68-70(58,59)60/h8-9,13-14,18-21,23,34,37,39,47,54H,6-7,11,15-17,22,24H2,1-5H3,(H,49,55)(H,61,62)(H,63,64)(H2,58,59,60)(H3,46,50,51,56)/t34-,37+,39+/m0/s1. The van der Waals surface area contributed by atoms with Gasteiger partial charge in [-0.15, -0.1) is 0 Å². The number of nitrogens with two attached hydrogens (primary N) is 1. The third-order valence-electron chi connectivity index (χ3n) is 11.4. The Bertz CT molecular complexity index is 3380. The van der Waals surface area contributed by atoms with Gasteiger partial charge in [0.1, 0.15) is 30.2 Å². The fourth-order valence-electron chi connectivity index (χ4n) is 8.28. The molecule has 24 nitrogen and oxygen atoms in total. The van der Waals surface area contributed by atoms with Gasteiger partial charge in [-0.1, -0.05) is 30.0 Å². The predicted molar refractivity (Wildman–Crippen MR) is 260 cm³/mol. The Morgan fingerprint density at radius 2 is 1.82 bits per heavy atom. The third kappa shape index (κ3) is 12.6. The van der Waals surface area contributed by atoms with E-state index in [2.05, 4.69) is 62.7 Å². The summed E-state index contributed by atoms with van der Waals surface area (Å²) in [5.74, 6) is 5.42. The maximum atomic E-state index is 14.3. The third-order valence-corrected chi connectivity index (χ3v) is 15.2. The molecule has 0 bridgehead atoms. The van der Waals surface area contributed by atoms with Crippen molar-refractivity contribution in [2.45, 2.75) is 65.4 Å². The van der Waals surface area contributed by atoms with E-state index in [9.17, 15) is 47.9 Å². The van der Waals surface area contributed by atoms with E-state index in [1.54, 1.807) is 18.0 Å². The molecule has 1 saturated heterocycles. The van der Waals surface area contributed by atoms with Gasteiger partial charge in [0, 0.05) is 78.6 Å². The Kier molecular flexibility index (Phi) is 16.4. The number of ether oxygens (including phenoxy) is 1. The monoisotopic (exact) mass is 1050 g/mol. The van der Waals surface area contributed by atoms with Crippen LogP contribution in [0.25, 0.3) is 44.5 Å². The van der Waals surface area contributed by atoms with Crippen LogP contribution in [0.15, 0.2) is 63.9 Å². The number of aliphatic hydroxyl groups excluding tert-OH is 1. The van der Waals surface area contributed by atoms with Gasteiger partial charge in [-0.05, 0) is 63.4 Å². The van der Waals surface area contributed by atoms with Gasteiger partial charge < -0.3 is 59.7 Å². The van der Waals surface area contributed by atoms with Gasteiger partial charge in [0.25, 0.3) is 19.3 Å². The number of hydrogen-bond donors (Lipinski definition) is 9. The van der Waals surface area contributed by atoms with Crippen LogP contribution < -0.4 is 37.2 Å². The van der Waals surface area contributed by atoms with Gasteiger partial charge in [-0.25, -0.2) is 18.4 Å². The molecule has 6 atom stereocenters. The van der Waals surface area contributed by atoms with Crippen molar-refractivity contribution < 1.29 is 75.3 Å². The molecule has 1 aliphatic carbocycles. The number of carbonyl (C=O) groups is 2. The highest BCUT2D eigenvalue weighted by Gasteiger charge is 2.42. The molecule has 2 aromatic carbocycles. The smallest absolute Gasteiger partial charge is 0.487 e. The lowest BCUT2D eigenvalue weighted by Gasteiger charge is -2.22. The lowest BCUT2D eigenvalue weighted by atomic mass is 9.89. The number of amides is 2. The topological polar surface area (TPSA) is 357 Å². The van der Waals surface area contributed by atoms with E-state index < -0.39 is 54.1 Å². The minimum absolute atomic E-state index is 0.0199. The van der Waals surface area contributed by atoms with Crippen molar-refractivity contribution in [2.24, 2.45) is 0 Å². The summed E-state index contributed by atoms with van der Waals surface area (Å²) in [7, 11) is -15.6. The van der Waals surface area contributed by atoms with Crippen LogP contribution in [0.5, 0.6) is 0 Å². The quantitative estimate of drug-likeness (QED) is 0.0339. The Labute approximate surface area is 411 Å². The molecular weight excluding hydrogens is 1000 g/mol. The van der Waals surface area contributed by atoms with Crippen molar-refractivity contribution in [1.29, 1.82) is 0 Å². The number of H-pyrrole nitrogens is 1. The molecule has 0 radical (unpaired) electrons. The van der Waals surface area contributed by atoms with Gasteiger partial charge in [-0.3, -0.25) is 28.5 Å². The number of nitrogen functional groups attached to an aromatic ring is 1. The van der Waals surface area contributed by atoms with Crippen molar-refractivity contribution in [2.75, 3.05) is 50.9 Å². The van der Waals surface area contributed by atoms with Crippen LogP contribution in [0.2, 0.25) is 0 Å². The molecule has 0 saturated carbocycles. The minimum atomic E-state index is -5.87. The summed E-state index contributed by atoms with van der Waals surface area (Å²) in [5, 5.41) is 18.6. The Hall–Kier alpha value is -6.02. The minimum Gasteiger partial charge on any atom is -0.756 e. The zero-order valence-corrected chi connectivity index (χ0v) is 42.2. The van der Waals surface area contributed by atoms with Crippen LogP contribution in [-0.4, -0.2) is 103 Å². The summed E-state index contributed by atoms with van der Waals surface area (Å²) >= 11 is 0. The summed E-state index contributed by atoms with van der Waals surface area (Å²) in [5.41, 5.74) is 11.8. The SMILES string of the molecule is CCNc1cc2oc3cc(=[NH+]CC)c(C)cc-3c(-c3ccccc3C(=O)N(C)CCCC(=O)NCC#Cc3cn([C@H]4C[C@H](O)[C@@H](COP(=O)(O)OP(=O)(O)OP(=O)([O-])O)O4)c4nc(N)[nH]c(=O)c34)c2cc1C. The summed E-state index contributed by atoms with van der Waals surface area (Å²) in [6.45, 7) is 8.73. The molecule has 1 fully saturated rings. The molecule has 72 heavy (non-hydrogen) atoms. The van der Waals surface area contributed by atoms with E-state index in [0.29, 0.717) is 23.3 Å². The van der Waals surface area contributed by atoms with Crippen LogP contribution in [0.4, 0.5) is 11.6 Å². The zero-order chi connectivity index (χ0) is 52.3. The summed E-state index contributed by atoms with van der Waals surface area (Å²) in [6, 6.07) is 15.6. The summed E-state index contributed by atoms with van der Waals surface area (Å²) in [6.07, 6.45) is -2.36. The highest BCUT2D eigenvalue weighted by atomic mass is 31.3. The van der Waals surface area contributed by atoms with E-state index >= 15 is 0 Å². The van der Waals surface area contributed by atoms with Gasteiger partial charge in [0.05, 0.1) is 36.3 Å². The first-order valence-corrected chi connectivity index (χ1v) is 26.9. The van der Waals surface area contributed by atoms with Crippen LogP contribution in [0.1, 0.15) is 66.4 Å². The van der Waals surface area contributed by atoms with Crippen molar-refractivity contribution in [3.05, 3.63) is 92.7 Å². The highest BCUT2D eigenvalue weighted by molar-refractivity contribution is 7.66. The number of phosphoric acid groups is 3. The second-order valence-electron chi connectivity index (χ2n) is 16.7. The Morgan fingerprint density at radius 3 is 2.54 bits per heavy atom.